The minimum atomic E-state index is -0.289. The maximum Gasteiger partial charge on any atom is 0.296 e. The van der Waals surface area contributed by atoms with Crippen molar-refractivity contribution in [1.29, 1.82) is 0 Å². The summed E-state index contributed by atoms with van der Waals surface area (Å²) in [6, 6.07) is 0. The summed E-state index contributed by atoms with van der Waals surface area (Å²) in [6.45, 7) is 2.44. The molecule has 1 N–H and O–H groups in total. The van der Waals surface area contributed by atoms with E-state index in [9.17, 15) is 4.79 Å². The predicted octanol–water partition coefficient (Wildman–Crippen LogP) is 0.861. The van der Waals surface area contributed by atoms with Crippen molar-refractivity contribution in [2.75, 3.05) is 6.54 Å². The monoisotopic (exact) mass is 273 g/mol. The lowest BCUT2D eigenvalue weighted by molar-refractivity contribution is -0.115. The van der Waals surface area contributed by atoms with E-state index in [0.717, 1.165) is 10.0 Å². The molecule has 6 heteroatoms. The summed E-state index contributed by atoms with van der Waals surface area (Å²) < 4.78 is 0. The predicted molar refractivity (Wildman–Crippen MR) is 58.1 cm³/mol. The van der Waals surface area contributed by atoms with E-state index in [1.54, 1.807) is 0 Å². The molecule has 1 amide bonds. The molecule has 4 nitrogen and oxygen atoms in total. The van der Waals surface area contributed by atoms with Gasteiger partial charge in [-0.1, -0.05) is 0 Å². The number of aromatic nitrogens is 2. The number of hydrogen-bond acceptors (Lipinski definition) is 4. The van der Waals surface area contributed by atoms with Gasteiger partial charge in [0.25, 0.3) is 5.91 Å². The Morgan fingerprint density at radius 3 is 3.00 bits per heavy atom. The molecule has 0 aliphatic heterocycles. The zero-order valence-corrected chi connectivity index (χ0v) is 9.91. The Balaban J connectivity index is 2.27. The van der Waals surface area contributed by atoms with Gasteiger partial charge in [-0.3, -0.25) is 4.79 Å². The number of carbonyl (C=O) groups excluding carboxylic acids is 1. The smallest absolute Gasteiger partial charge is 0.296 e. The third-order valence-electron chi connectivity index (χ3n) is 1.35. The lowest BCUT2D eigenvalue weighted by Crippen LogP contribution is -2.23. The molecule has 0 aromatic carbocycles. The molecule has 1 aromatic heterocycles. The van der Waals surface area contributed by atoms with Crippen LogP contribution >= 0.6 is 27.3 Å². The van der Waals surface area contributed by atoms with Crippen molar-refractivity contribution >= 4 is 33.2 Å². The fourth-order valence-corrected chi connectivity index (χ4v) is 1.70. The van der Waals surface area contributed by atoms with Crippen molar-refractivity contribution in [3.8, 4) is 10.8 Å². The Bertz CT molecular complexity index is 379. The Morgan fingerprint density at radius 2 is 2.43 bits per heavy atom. The molecule has 0 atom stereocenters. The number of rotatable bonds is 3. The van der Waals surface area contributed by atoms with Crippen LogP contribution in [-0.2, 0) is 11.2 Å². The summed E-state index contributed by atoms with van der Waals surface area (Å²) in [5.74, 6) is 2.03. The minimum Gasteiger partial charge on any atom is -0.345 e. The van der Waals surface area contributed by atoms with Crippen molar-refractivity contribution in [3.63, 3.8) is 0 Å². The quantitative estimate of drug-likeness (QED) is 0.832. The van der Waals surface area contributed by atoms with Gasteiger partial charge < -0.3 is 5.32 Å². The molecule has 0 aliphatic rings. The van der Waals surface area contributed by atoms with E-state index in [4.69, 9.17) is 0 Å². The summed E-state index contributed by atoms with van der Waals surface area (Å²) in [4.78, 5) is 13.2. The first-order valence-electron chi connectivity index (χ1n) is 3.91. The van der Waals surface area contributed by atoms with Crippen LogP contribution in [-0.4, -0.2) is 22.6 Å². The molecular weight excluding hydrogens is 266 g/mol. The SMILES string of the molecule is Cc1nnc(CCNC(=O)C#CBr)s1. The zero-order valence-electron chi connectivity index (χ0n) is 7.50. The third kappa shape index (κ3) is 3.85. The second kappa shape index (κ2) is 5.73. The molecule has 0 spiro atoms. The lowest BCUT2D eigenvalue weighted by Gasteiger charge is -1.96. The second-order valence-corrected chi connectivity index (χ2v) is 4.10. The van der Waals surface area contributed by atoms with Gasteiger partial charge in [-0.15, -0.1) is 21.5 Å². The van der Waals surface area contributed by atoms with Crippen LogP contribution in [0, 0.1) is 17.7 Å². The number of nitrogens with zero attached hydrogens (tertiary/aromatic N) is 2. The summed E-state index contributed by atoms with van der Waals surface area (Å²) in [6.07, 6.45) is 0.696. The van der Waals surface area contributed by atoms with E-state index in [-0.39, 0.29) is 5.91 Å². The van der Waals surface area contributed by atoms with Crippen LogP contribution in [0.2, 0.25) is 0 Å². The Morgan fingerprint density at radius 1 is 1.64 bits per heavy atom. The van der Waals surface area contributed by atoms with Crippen LogP contribution in [0.3, 0.4) is 0 Å². The lowest BCUT2D eigenvalue weighted by atomic mass is 10.4. The minimum absolute atomic E-state index is 0.289. The molecular formula is C8H8BrN3OS. The fraction of sp³-hybridized carbons (Fsp3) is 0.375. The zero-order chi connectivity index (χ0) is 10.4. The van der Waals surface area contributed by atoms with E-state index in [1.165, 1.54) is 11.3 Å². The van der Waals surface area contributed by atoms with Crippen LogP contribution in [0.1, 0.15) is 10.0 Å². The summed E-state index contributed by atoms with van der Waals surface area (Å²) in [7, 11) is 0. The Kier molecular flexibility index (Phi) is 4.56. The Hall–Kier alpha value is -0.930. The maximum atomic E-state index is 10.9. The summed E-state index contributed by atoms with van der Waals surface area (Å²) in [5.41, 5.74) is 0. The van der Waals surface area contributed by atoms with E-state index >= 15 is 0 Å². The first kappa shape index (κ1) is 11.1. The highest BCUT2D eigenvalue weighted by molar-refractivity contribution is 9.12. The molecule has 0 saturated heterocycles. The molecule has 0 saturated carbocycles. The van der Waals surface area contributed by atoms with Crippen molar-refractivity contribution < 1.29 is 4.79 Å². The molecule has 0 bridgehead atoms. The van der Waals surface area contributed by atoms with Gasteiger partial charge in [-0.2, -0.15) is 0 Å². The van der Waals surface area contributed by atoms with Crippen LogP contribution < -0.4 is 5.32 Å². The normalized spacial score (nSPS) is 9.00. The summed E-state index contributed by atoms with van der Waals surface area (Å²) in [5, 5.41) is 12.3. The van der Waals surface area contributed by atoms with E-state index < -0.39 is 0 Å². The number of hydrogen-bond donors (Lipinski definition) is 1. The van der Waals surface area contributed by atoms with Crippen molar-refractivity contribution in [2.24, 2.45) is 0 Å². The van der Waals surface area contributed by atoms with Crippen LogP contribution in [0.4, 0.5) is 0 Å². The molecule has 0 aliphatic carbocycles. The van der Waals surface area contributed by atoms with Gasteiger partial charge in [0.05, 0.1) is 0 Å². The molecule has 74 valence electrons. The van der Waals surface area contributed by atoms with Crippen LogP contribution in [0.5, 0.6) is 0 Å². The van der Waals surface area contributed by atoms with Crippen LogP contribution in [0.15, 0.2) is 0 Å². The van der Waals surface area contributed by atoms with Gasteiger partial charge in [0.1, 0.15) is 10.0 Å². The maximum absolute atomic E-state index is 10.9. The molecule has 14 heavy (non-hydrogen) atoms. The third-order valence-corrected chi connectivity index (χ3v) is 2.45. The Labute approximate surface area is 94.2 Å². The molecule has 0 radical (unpaired) electrons. The van der Waals surface area contributed by atoms with Crippen molar-refractivity contribution in [1.82, 2.24) is 15.5 Å². The van der Waals surface area contributed by atoms with Gasteiger partial charge >= 0.3 is 0 Å². The first-order chi connectivity index (χ1) is 6.72. The molecule has 1 rings (SSSR count). The van der Waals surface area contributed by atoms with E-state index in [0.29, 0.717) is 13.0 Å². The van der Waals surface area contributed by atoms with Gasteiger partial charge in [0.15, 0.2) is 0 Å². The summed E-state index contributed by atoms with van der Waals surface area (Å²) >= 11 is 4.38. The van der Waals surface area contributed by atoms with E-state index in [1.807, 2.05) is 6.92 Å². The number of nitrogens with one attached hydrogen (secondary N) is 1. The van der Waals surface area contributed by atoms with Gasteiger partial charge in [0, 0.05) is 34.8 Å². The van der Waals surface area contributed by atoms with Gasteiger partial charge in [-0.25, -0.2) is 0 Å². The van der Waals surface area contributed by atoms with Crippen LogP contribution in [0.25, 0.3) is 0 Å². The number of aryl methyl sites for hydroxylation is 1. The second-order valence-electron chi connectivity index (χ2n) is 2.44. The average Bonchev–Trinajstić information content (AvgIpc) is 2.52. The van der Waals surface area contributed by atoms with Crippen molar-refractivity contribution in [3.05, 3.63) is 10.0 Å². The highest BCUT2D eigenvalue weighted by Gasteiger charge is 2.00. The standard InChI is InChI=1S/C8H8BrN3OS/c1-6-11-12-8(14-6)3-5-10-7(13)2-4-9/h3,5H2,1H3,(H,10,13). The molecule has 1 aromatic rings. The highest BCUT2D eigenvalue weighted by atomic mass is 79.9. The molecule has 0 unspecified atom stereocenters. The van der Waals surface area contributed by atoms with Gasteiger partial charge in [0.2, 0.25) is 0 Å². The highest BCUT2D eigenvalue weighted by Crippen LogP contribution is 2.07. The number of halogens is 1. The molecule has 1 heterocycles. The van der Waals surface area contributed by atoms with Crippen molar-refractivity contribution in [2.45, 2.75) is 13.3 Å². The molecule has 0 fully saturated rings. The van der Waals surface area contributed by atoms with E-state index in [2.05, 4.69) is 42.2 Å². The topological polar surface area (TPSA) is 54.9 Å². The van der Waals surface area contributed by atoms with Gasteiger partial charge in [-0.05, 0) is 11.8 Å². The fourth-order valence-electron chi connectivity index (χ4n) is 0.809. The number of amides is 1. The largest absolute Gasteiger partial charge is 0.345 e. The first-order valence-corrected chi connectivity index (χ1v) is 5.52. The average molecular weight is 274 g/mol. The number of carbonyl (C=O) groups is 1.